The fourth-order valence-corrected chi connectivity index (χ4v) is 2.06. The fourth-order valence-electron chi connectivity index (χ4n) is 2.06. The van der Waals surface area contributed by atoms with Crippen LogP contribution in [0.2, 0.25) is 0 Å². The van der Waals surface area contributed by atoms with E-state index in [0.29, 0.717) is 0 Å². The first-order valence-electron chi connectivity index (χ1n) is 5.42. The van der Waals surface area contributed by atoms with Crippen LogP contribution in [0, 0.1) is 17.6 Å². The Balaban J connectivity index is 2.05. The molecule has 0 aromatic heterocycles. The predicted octanol–water partition coefficient (Wildman–Crippen LogP) is 3.09. The Kier molecular flexibility index (Phi) is 3.17. The maximum atomic E-state index is 12.9. The van der Waals surface area contributed by atoms with Gasteiger partial charge in [0.1, 0.15) is 11.6 Å². The lowest BCUT2D eigenvalue weighted by molar-refractivity contribution is -0.119. The summed E-state index contributed by atoms with van der Waals surface area (Å²) in [5.41, 5.74) is 0.189. The molecule has 0 radical (unpaired) electrons. The van der Waals surface area contributed by atoms with Crippen molar-refractivity contribution in [2.24, 2.45) is 5.92 Å². The van der Waals surface area contributed by atoms with E-state index in [1.165, 1.54) is 0 Å². The van der Waals surface area contributed by atoms with E-state index in [4.69, 9.17) is 0 Å². The molecule has 86 valence electrons. The van der Waals surface area contributed by atoms with Gasteiger partial charge in [0, 0.05) is 17.7 Å². The molecule has 0 aliphatic heterocycles. The zero-order valence-corrected chi connectivity index (χ0v) is 8.80. The highest BCUT2D eigenvalue weighted by Crippen LogP contribution is 2.26. The third-order valence-electron chi connectivity index (χ3n) is 2.86. The quantitative estimate of drug-likeness (QED) is 0.823. The predicted molar refractivity (Wildman–Crippen MR) is 56.9 cm³/mol. The zero-order valence-electron chi connectivity index (χ0n) is 8.80. The Labute approximate surface area is 92.7 Å². The van der Waals surface area contributed by atoms with E-state index >= 15 is 0 Å². The molecule has 1 amide bonds. The van der Waals surface area contributed by atoms with Crippen molar-refractivity contribution in [1.82, 2.24) is 0 Å². The van der Waals surface area contributed by atoms with Crippen molar-refractivity contribution < 1.29 is 13.6 Å². The summed E-state index contributed by atoms with van der Waals surface area (Å²) in [5.74, 6) is -1.50. The molecule has 0 atom stereocenters. The van der Waals surface area contributed by atoms with E-state index in [1.807, 2.05) is 0 Å². The zero-order chi connectivity index (χ0) is 11.5. The van der Waals surface area contributed by atoms with E-state index in [2.05, 4.69) is 5.32 Å². The van der Waals surface area contributed by atoms with Crippen LogP contribution in [0.5, 0.6) is 0 Å². The van der Waals surface area contributed by atoms with Crippen molar-refractivity contribution in [3.05, 3.63) is 29.8 Å². The lowest BCUT2D eigenvalue weighted by Gasteiger charge is -2.10. The highest BCUT2D eigenvalue weighted by molar-refractivity contribution is 5.92. The monoisotopic (exact) mass is 225 g/mol. The third kappa shape index (κ3) is 2.56. The second kappa shape index (κ2) is 4.60. The summed E-state index contributed by atoms with van der Waals surface area (Å²) in [4.78, 5) is 11.7. The standard InChI is InChI=1S/C12H13F2NO/c13-9-5-10(14)7-11(6-9)15-12(16)8-3-1-2-4-8/h5-8H,1-4H2,(H,15,16). The molecule has 16 heavy (non-hydrogen) atoms. The number of carbonyl (C=O) groups excluding carboxylic acids is 1. The molecular weight excluding hydrogens is 212 g/mol. The summed E-state index contributed by atoms with van der Waals surface area (Å²) in [6, 6.07) is 3.02. The van der Waals surface area contributed by atoms with Gasteiger partial charge in [-0.2, -0.15) is 0 Å². The van der Waals surface area contributed by atoms with Crippen LogP contribution in [0.3, 0.4) is 0 Å². The second-order valence-corrected chi connectivity index (χ2v) is 4.13. The van der Waals surface area contributed by atoms with Crippen LogP contribution in [-0.4, -0.2) is 5.91 Å². The number of carbonyl (C=O) groups is 1. The molecule has 0 heterocycles. The van der Waals surface area contributed by atoms with Crippen LogP contribution in [0.4, 0.5) is 14.5 Å². The molecule has 1 N–H and O–H groups in total. The van der Waals surface area contributed by atoms with Crippen molar-refractivity contribution >= 4 is 11.6 Å². The van der Waals surface area contributed by atoms with Gasteiger partial charge in [0.15, 0.2) is 0 Å². The van der Waals surface area contributed by atoms with E-state index < -0.39 is 11.6 Å². The van der Waals surface area contributed by atoms with Gasteiger partial charge in [-0.3, -0.25) is 4.79 Å². The van der Waals surface area contributed by atoms with E-state index in [1.54, 1.807) is 0 Å². The molecule has 1 fully saturated rings. The average molecular weight is 225 g/mol. The molecule has 1 aromatic carbocycles. The minimum absolute atomic E-state index is 0.00803. The first kappa shape index (κ1) is 11.0. The largest absolute Gasteiger partial charge is 0.326 e. The Morgan fingerprint density at radius 2 is 1.69 bits per heavy atom. The van der Waals surface area contributed by atoms with E-state index in [9.17, 15) is 13.6 Å². The minimum atomic E-state index is -0.679. The Bertz CT molecular complexity index is 380. The molecule has 1 aliphatic carbocycles. The van der Waals surface area contributed by atoms with Crippen molar-refractivity contribution in [2.45, 2.75) is 25.7 Å². The number of hydrogen-bond donors (Lipinski definition) is 1. The van der Waals surface area contributed by atoms with Crippen molar-refractivity contribution in [1.29, 1.82) is 0 Å². The topological polar surface area (TPSA) is 29.1 Å². The van der Waals surface area contributed by atoms with Gasteiger partial charge in [-0.15, -0.1) is 0 Å². The number of halogens is 2. The summed E-state index contributed by atoms with van der Waals surface area (Å²) < 4.78 is 25.7. The first-order chi connectivity index (χ1) is 7.65. The van der Waals surface area contributed by atoms with Crippen LogP contribution in [0.25, 0.3) is 0 Å². The minimum Gasteiger partial charge on any atom is -0.326 e. The van der Waals surface area contributed by atoms with E-state index in [-0.39, 0.29) is 17.5 Å². The Hall–Kier alpha value is -1.45. The van der Waals surface area contributed by atoms with Crippen LogP contribution in [-0.2, 0) is 4.79 Å². The van der Waals surface area contributed by atoms with Crippen LogP contribution >= 0.6 is 0 Å². The van der Waals surface area contributed by atoms with Gasteiger partial charge >= 0.3 is 0 Å². The molecule has 0 bridgehead atoms. The highest BCUT2D eigenvalue weighted by atomic mass is 19.1. The molecular formula is C12H13F2NO. The molecule has 4 heteroatoms. The van der Waals surface area contributed by atoms with Crippen molar-refractivity contribution in [3.8, 4) is 0 Å². The summed E-state index contributed by atoms with van der Waals surface area (Å²) in [6.45, 7) is 0. The van der Waals surface area contributed by atoms with Gasteiger partial charge in [-0.05, 0) is 25.0 Å². The second-order valence-electron chi connectivity index (χ2n) is 4.13. The van der Waals surface area contributed by atoms with Gasteiger partial charge in [0.05, 0.1) is 0 Å². The molecule has 2 nitrogen and oxygen atoms in total. The molecule has 1 aromatic rings. The van der Waals surface area contributed by atoms with Gasteiger partial charge in [-0.25, -0.2) is 8.78 Å². The van der Waals surface area contributed by atoms with Crippen LogP contribution in [0.1, 0.15) is 25.7 Å². The van der Waals surface area contributed by atoms with Gasteiger partial charge in [0.2, 0.25) is 5.91 Å². The highest BCUT2D eigenvalue weighted by Gasteiger charge is 2.22. The molecule has 0 saturated heterocycles. The van der Waals surface area contributed by atoms with Crippen molar-refractivity contribution in [2.75, 3.05) is 5.32 Å². The normalized spacial score (nSPS) is 16.4. The average Bonchev–Trinajstić information content (AvgIpc) is 2.68. The number of amides is 1. The summed E-state index contributed by atoms with van der Waals surface area (Å²) in [5, 5.41) is 2.55. The first-order valence-corrected chi connectivity index (χ1v) is 5.42. The molecule has 2 rings (SSSR count). The Morgan fingerprint density at radius 3 is 2.25 bits per heavy atom. The van der Waals surface area contributed by atoms with Crippen LogP contribution < -0.4 is 5.32 Å². The fraction of sp³-hybridized carbons (Fsp3) is 0.417. The SMILES string of the molecule is O=C(Nc1cc(F)cc(F)c1)C1CCCC1. The molecule has 1 aliphatic rings. The summed E-state index contributed by atoms with van der Waals surface area (Å²) in [6.07, 6.45) is 3.83. The lowest BCUT2D eigenvalue weighted by Crippen LogP contribution is -2.20. The number of anilines is 1. The molecule has 0 unspecified atom stereocenters. The number of hydrogen-bond acceptors (Lipinski definition) is 1. The third-order valence-corrected chi connectivity index (χ3v) is 2.86. The van der Waals surface area contributed by atoms with Gasteiger partial charge in [0.25, 0.3) is 0 Å². The number of nitrogens with one attached hydrogen (secondary N) is 1. The van der Waals surface area contributed by atoms with Crippen LogP contribution in [0.15, 0.2) is 18.2 Å². The van der Waals surface area contributed by atoms with E-state index in [0.717, 1.165) is 43.9 Å². The van der Waals surface area contributed by atoms with Gasteiger partial charge < -0.3 is 5.32 Å². The smallest absolute Gasteiger partial charge is 0.227 e. The number of benzene rings is 1. The maximum Gasteiger partial charge on any atom is 0.227 e. The summed E-state index contributed by atoms with van der Waals surface area (Å²) >= 11 is 0. The molecule has 1 saturated carbocycles. The van der Waals surface area contributed by atoms with Gasteiger partial charge in [-0.1, -0.05) is 12.8 Å². The number of rotatable bonds is 2. The molecule has 0 spiro atoms. The Morgan fingerprint density at radius 1 is 1.12 bits per heavy atom. The lowest BCUT2D eigenvalue weighted by atomic mass is 10.1. The summed E-state index contributed by atoms with van der Waals surface area (Å²) in [7, 11) is 0. The maximum absolute atomic E-state index is 12.9. The van der Waals surface area contributed by atoms with Crippen molar-refractivity contribution in [3.63, 3.8) is 0 Å².